The molecule has 9 rings (SSSR count). The van der Waals surface area contributed by atoms with Gasteiger partial charge < -0.3 is 37.6 Å². The van der Waals surface area contributed by atoms with Gasteiger partial charge in [0.1, 0.15) is 0 Å². The molecule has 6 aromatic heterocycles. The van der Waals surface area contributed by atoms with Gasteiger partial charge in [-0.15, -0.1) is 9.97 Å². The van der Waals surface area contributed by atoms with E-state index in [1.54, 1.807) is 24.5 Å². The lowest BCUT2D eigenvalue weighted by Crippen LogP contribution is -2.41. The smallest absolute Gasteiger partial charge is 0.405 e. The fourth-order valence-corrected chi connectivity index (χ4v) is 7.03. The summed E-state index contributed by atoms with van der Waals surface area (Å²) < 4.78 is 41.0. The lowest BCUT2D eigenvalue weighted by Gasteiger charge is -2.32. The monoisotopic (exact) mass is 898 g/mol. The summed E-state index contributed by atoms with van der Waals surface area (Å²) in [6.07, 6.45) is 7.47. The van der Waals surface area contributed by atoms with E-state index in [0.717, 1.165) is 26.8 Å². The van der Waals surface area contributed by atoms with Crippen molar-refractivity contribution in [3.63, 3.8) is 0 Å². The molecule has 3 saturated heterocycles. The van der Waals surface area contributed by atoms with E-state index in [2.05, 4.69) is 45.6 Å². The van der Waals surface area contributed by atoms with Gasteiger partial charge in [0, 0.05) is 16.9 Å². The summed E-state index contributed by atoms with van der Waals surface area (Å²) in [6.45, 7) is 38.5. The van der Waals surface area contributed by atoms with Crippen LogP contribution in [0.15, 0.2) is 89.9 Å². The lowest BCUT2D eigenvalue weighted by molar-refractivity contribution is 0.00578. The Morgan fingerprint density at radius 1 is 0.516 bits per heavy atom. The van der Waals surface area contributed by atoms with Crippen molar-refractivity contribution < 1.29 is 27.9 Å². The van der Waals surface area contributed by atoms with Crippen LogP contribution in [0, 0.1) is 13.1 Å². The fourth-order valence-electron chi connectivity index (χ4n) is 6.69. The molecule has 0 radical (unpaired) electrons. The second-order valence-electron chi connectivity index (χ2n) is 18.4. The van der Waals surface area contributed by atoms with Gasteiger partial charge in [0.05, 0.1) is 57.0 Å². The zero-order valence-electron chi connectivity index (χ0n) is 37.2. The van der Waals surface area contributed by atoms with E-state index >= 15 is 0 Å². The fraction of sp³-hybridized carbons (Fsp3) is 0.409. The van der Waals surface area contributed by atoms with Crippen molar-refractivity contribution in [2.75, 3.05) is 0 Å². The highest BCUT2D eigenvalue weighted by Crippen LogP contribution is 2.43. The molecule has 0 aliphatic carbocycles. The molecule has 0 aromatic carbocycles. The molecule has 9 heterocycles. The number of hydrogen-bond acceptors (Lipinski definition) is 10. The standard InChI is InChI=1S/C19H19BN4O2.C13H7BrN4.C12H24B2O4/c1-18(2)19(3,4)26-20(25-18)13-9-10-14-11-22-17(24(14)12-13)15-7-6-8-16(21-5)23-15;1-15-12-4-2-3-11(17-12)13-16-7-10-6-5-9(14)8-18(10)13;1-9(2)10(3,4)16-13(15-9)14-17-11(5,6)12(7,8)18-14/h6-12H,1-4H3;2-8H;1-8H3. The van der Waals surface area contributed by atoms with Crippen LogP contribution in [0.1, 0.15) is 83.1 Å². The Balaban J connectivity index is 0.000000144. The Kier molecular flexibility index (Phi) is 11.9. The second-order valence-corrected chi connectivity index (χ2v) is 19.3. The third-order valence-electron chi connectivity index (χ3n) is 12.5. The van der Waals surface area contributed by atoms with Crippen LogP contribution in [0.4, 0.5) is 11.6 Å². The van der Waals surface area contributed by atoms with Crippen LogP contribution >= 0.6 is 15.9 Å². The van der Waals surface area contributed by atoms with E-state index in [1.807, 2.05) is 153 Å². The zero-order chi connectivity index (χ0) is 45.0. The number of halogens is 1. The second kappa shape index (κ2) is 16.3. The number of fused-ring (bicyclic) bond motifs is 2. The van der Waals surface area contributed by atoms with Crippen molar-refractivity contribution in [1.82, 2.24) is 28.7 Å². The molecule has 0 N–H and O–H groups in total. The molecule has 0 saturated carbocycles. The van der Waals surface area contributed by atoms with Gasteiger partial charge in [-0.1, -0.05) is 31.3 Å². The summed E-state index contributed by atoms with van der Waals surface area (Å²) in [5.74, 6) is 2.14. The first-order chi connectivity index (χ1) is 29.0. The van der Waals surface area contributed by atoms with Crippen molar-refractivity contribution in [2.24, 2.45) is 0 Å². The molecule has 0 amide bonds. The molecule has 18 heteroatoms. The van der Waals surface area contributed by atoms with Crippen molar-refractivity contribution in [2.45, 2.75) is 117 Å². The summed E-state index contributed by atoms with van der Waals surface area (Å²) in [5.41, 5.74) is 1.97. The molecule has 318 valence electrons. The number of imidazole rings is 2. The van der Waals surface area contributed by atoms with Gasteiger partial charge in [-0.25, -0.2) is 9.97 Å². The molecule has 3 aliphatic heterocycles. The number of rotatable bonds is 4. The van der Waals surface area contributed by atoms with Crippen LogP contribution in [-0.4, -0.2) is 83.5 Å². The first kappa shape index (κ1) is 45.1. The van der Waals surface area contributed by atoms with E-state index in [9.17, 15) is 0 Å². The van der Waals surface area contributed by atoms with E-state index in [-0.39, 0.29) is 22.4 Å². The summed E-state index contributed by atoms with van der Waals surface area (Å²) in [4.78, 5) is 24.2. The predicted octanol–water partition coefficient (Wildman–Crippen LogP) is 9.21. The van der Waals surface area contributed by atoms with Gasteiger partial charge in [-0.05, 0) is 147 Å². The molecule has 0 spiro atoms. The van der Waals surface area contributed by atoms with Crippen molar-refractivity contribution in [3.8, 4) is 23.0 Å². The van der Waals surface area contributed by atoms with Crippen LogP contribution in [0.3, 0.4) is 0 Å². The molecule has 62 heavy (non-hydrogen) atoms. The minimum Gasteiger partial charge on any atom is -0.405 e. The number of pyridine rings is 4. The first-order valence-electron chi connectivity index (χ1n) is 20.3. The third-order valence-corrected chi connectivity index (χ3v) is 13.0. The van der Waals surface area contributed by atoms with E-state index in [4.69, 9.17) is 41.1 Å². The van der Waals surface area contributed by atoms with Crippen molar-refractivity contribution in [3.05, 3.63) is 113 Å². The minimum atomic E-state index is -0.476. The maximum atomic E-state index is 7.15. The topological polar surface area (TPSA) is 124 Å². The zero-order valence-corrected chi connectivity index (χ0v) is 38.8. The molecule has 0 bridgehead atoms. The average Bonchev–Trinajstić information content (AvgIpc) is 3.98. The Hall–Kier alpha value is -4.91. The van der Waals surface area contributed by atoms with E-state index in [1.165, 1.54) is 0 Å². The maximum absolute atomic E-state index is 7.15. The molecule has 0 unspecified atom stereocenters. The first-order valence-corrected chi connectivity index (χ1v) is 21.1. The number of hydrogen-bond donors (Lipinski definition) is 0. The third kappa shape index (κ3) is 8.70. The highest BCUT2D eigenvalue weighted by atomic mass is 79.9. The highest BCUT2D eigenvalue weighted by molar-refractivity contribution is 9.10. The summed E-state index contributed by atoms with van der Waals surface area (Å²) in [7, 11) is -1.39. The molecule has 14 nitrogen and oxygen atoms in total. The minimum absolute atomic E-state index is 0.348. The number of nitrogens with zero attached hydrogens (tertiary/aromatic N) is 8. The molecule has 3 fully saturated rings. The molecular weight excluding hydrogens is 849 g/mol. The van der Waals surface area contributed by atoms with E-state index in [0.29, 0.717) is 28.8 Å². The summed E-state index contributed by atoms with van der Waals surface area (Å²) >= 11 is 3.43. The van der Waals surface area contributed by atoms with E-state index < -0.39 is 32.3 Å². The maximum Gasteiger partial charge on any atom is 0.496 e. The molecular formula is C44H50B3BrN8O6. The van der Waals surface area contributed by atoms with Gasteiger partial charge in [0.15, 0.2) is 23.0 Å². The highest BCUT2D eigenvalue weighted by Gasteiger charge is 2.63. The SMILES string of the molecule is CC1(C)OB(B2OC(C)(C)C(C)(C)O2)OC1(C)C.[C-]#[N+]c1cccc(-c2ncc3ccc(B4OC(C)(C)C(C)(C)O4)cn23)n1.[C-]#[N+]c1cccc(-c2ncc3ccc(Br)cn23)n1. The Morgan fingerprint density at radius 2 is 0.903 bits per heavy atom. The Morgan fingerprint density at radius 3 is 1.32 bits per heavy atom. The Labute approximate surface area is 372 Å². The lowest BCUT2D eigenvalue weighted by atomic mass is 9.49. The predicted molar refractivity (Wildman–Crippen MR) is 245 cm³/mol. The van der Waals surface area contributed by atoms with Crippen molar-refractivity contribution >= 4 is 65.2 Å². The van der Waals surface area contributed by atoms with Crippen LogP contribution < -0.4 is 5.46 Å². The molecule has 0 atom stereocenters. The van der Waals surface area contributed by atoms with Gasteiger partial charge >= 0.3 is 21.1 Å². The van der Waals surface area contributed by atoms with Crippen LogP contribution in [0.2, 0.25) is 0 Å². The van der Waals surface area contributed by atoms with Gasteiger partial charge in [0.2, 0.25) is 0 Å². The largest absolute Gasteiger partial charge is 0.496 e. The average molecular weight is 899 g/mol. The van der Waals surface area contributed by atoms with Crippen LogP contribution in [0.5, 0.6) is 0 Å². The van der Waals surface area contributed by atoms with Gasteiger partial charge in [-0.3, -0.25) is 8.80 Å². The molecule has 3 aliphatic rings. The quantitative estimate of drug-likeness (QED) is 0.125. The van der Waals surface area contributed by atoms with Crippen molar-refractivity contribution in [1.29, 1.82) is 0 Å². The van der Waals surface area contributed by atoms with Crippen LogP contribution in [0.25, 0.3) is 43.8 Å². The normalized spacial score (nSPS) is 20.0. The van der Waals surface area contributed by atoms with Crippen LogP contribution in [-0.2, 0) is 27.9 Å². The van der Waals surface area contributed by atoms with Gasteiger partial charge in [0.25, 0.3) is 11.6 Å². The summed E-state index contributed by atoms with van der Waals surface area (Å²) in [5, 5.41) is 0. The summed E-state index contributed by atoms with van der Waals surface area (Å²) in [6, 6.07) is 18.6. The number of aromatic nitrogens is 6. The van der Waals surface area contributed by atoms with Gasteiger partial charge in [-0.2, -0.15) is 0 Å². The molecule has 6 aromatic rings. The Bertz CT molecular complexity index is 2640.